The molecule has 3 rings (SSSR count). The smallest absolute Gasteiger partial charge is 0.320 e. The number of aryl methyl sites for hydroxylation is 1. The van der Waals surface area contributed by atoms with Gasteiger partial charge in [-0.25, -0.2) is 4.39 Å². The molecule has 1 N–H and O–H groups in total. The van der Waals surface area contributed by atoms with E-state index in [-0.39, 0.29) is 17.9 Å². The Hall–Kier alpha value is -1.42. The third-order valence-corrected chi connectivity index (χ3v) is 5.67. The Balaban J connectivity index is 1.68. The van der Waals surface area contributed by atoms with Crippen molar-refractivity contribution in [3.05, 3.63) is 35.6 Å². The SMILES string of the molecule is CC(CCc1cccc(F)c1)N1C(C(=O)O)CC2CCCCC21. The van der Waals surface area contributed by atoms with Crippen LogP contribution in [0.3, 0.4) is 0 Å². The molecule has 3 nitrogen and oxygen atoms in total. The van der Waals surface area contributed by atoms with Crippen molar-refractivity contribution < 1.29 is 14.3 Å². The molecule has 1 saturated carbocycles. The van der Waals surface area contributed by atoms with Crippen molar-refractivity contribution in [3.63, 3.8) is 0 Å². The van der Waals surface area contributed by atoms with Crippen molar-refractivity contribution >= 4 is 5.97 Å². The van der Waals surface area contributed by atoms with E-state index < -0.39 is 5.97 Å². The predicted molar refractivity (Wildman–Crippen MR) is 87.8 cm³/mol. The lowest BCUT2D eigenvalue weighted by Gasteiger charge is -2.37. The molecule has 2 fully saturated rings. The second-order valence-corrected chi connectivity index (χ2v) is 7.17. The van der Waals surface area contributed by atoms with Gasteiger partial charge in [0.05, 0.1) is 0 Å². The molecule has 1 aromatic rings. The first-order valence-electron chi connectivity index (χ1n) is 8.81. The average Bonchev–Trinajstić information content (AvgIpc) is 2.92. The molecular formula is C19H26FNO2. The predicted octanol–water partition coefficient (Wildman–Crippen LogP) is 3.86. The van der Waals surface area contributed by atoms with Crippen LogP contribution in [0.2, 0.25) is 0 Å². The maximum Gasteiger partial charge on any atom is 0.320 e. The van der Waals surface area contributed by atoms with E-state index in [9.17, 15) is 14.3 Å². The van der Waals surface area contributed by atoms with E-state index in [0.29, 0.717) is 12.0 Å². The van der Waals surface area contributed by atoms with Gasteiger partial charge in [-0.1, -0.05) is 25.0 Å². The molecule has 0 aromatic heterocycles. The summed E-state index contributed by atoms with van der Waals surface area (Å²) in [5.41, 5.74) is 0.989. The fraction of sp³-hybridized carbons (Fsp3) is 0.632. The lowest BCUT2D eigenvalue weighted by molar-refractivity contribution is -0.143. The summed E-state index contributed by atoms with van der Waals surface area (Å²) < 4.78 is 13.3. The Morgan fingerprint density at radius 3 is 2.91 bits per heavy atom. The number of carboxylic acid groups (broad SMARTS) is 1. The Labute approximate surface area is 137 Å². The van der Waals surface area contributed by atoms with Crippen LogP contribution in [0.4, 0.5) is 4.39 Å². The van der Waals surface area contributed by atoms with Gasteiger partial charge >= 0.3 is 5.97 Å². The molecule has 1 aliphatic heterocycles. The Morgan fingerprint density at radius 1 is 1.39 bits per heavy atom. The maximum absolute atomic E-state index is 13.3. The highest BCUT2D eigenvalue weighted by Gasteiger charge is 2.46. The summed E-state index contributed by atoms with van der Waals surface area (Å²) in [7, 11) is 0. The second kappa shape index (κ2) is 7.00. The molecule has 0 amide bonds. The minimum atomic E-state index is -0.683. The third kappa shape index (κ3) is 3.57. The van der Waals surface area contributed by atoms with Crippen molar-refractivity contribution in [3.8, 4) is 0 Å². The molecular weight excluding hydrogens is 293 g/mol. The van der Waals surface area contributed by atoms with Crippen LogP contribution in [-0.2, 0) is 11.2 Å². The molecule has 2 aliphatic rings. The zero-order chi connectivity index (χ0) is 16.4. The molecule has 23 heavy (non-hydrogen) atoms. The first-order chi connectivity index (χ1) is 11.1. The lowest BCUT2D eigenvalue weighted by atomic mass is 9.84. The zero-order valence-electron chi connectivity index (χ0n) is 13.7. The van der Waals surface area contributed by atoms with Gasteiger partial charge in [0, 0.05) is 12.1 Å². The van der Waals surface area contributed by atoms with E-state index in [4.69, 9.17) is 0 Å². The first kappa shape index (κ1) is 16.4. The molecule has 4 heteroatoms. The number of aliphatic carboxylic acids is 1. The number of hydrogen-bond acceptors (Lipinski definition) is 2. The molecule has 1 heterocycles. The topological polar surface area (TPSA) is 40.5 Å². The van der Waals surface area contributed by atoms with Crippen LogP contribution in [-0.4, -0.2) is 34.1 Å². The minimum absolute atomic E-state index is 0.202. The van der Waals surface area contributed by atoms with Gasteiger partial charge in [-0.15, -0.1) is 0 Å². The minimum Gasteiger partial charge on any atom is -0.480 e. The number of carboxylic acids is 1. The van der Waals surface area contributed by atoms with Gasteiger partial charge in [0.25, 0.3) is 0 Å². The van der Waals surface area contributed by atoms with Crippen molar-refractivity contribution in [2.24, 2.45) is 5.92 Å². The van der Waals surface area contributed by atoms with Crippen LogP contribution in [0.5, 0.6) is 0 Å². The van der Waals surface area contributed by atoms with Gasteiger partial charge < -0.3 is 5.11 Å². The summed E-state index contributed by atoms with van der Waals surface area (Å²) in [4.78, 5) is 13.9. The number of halogens is 1. The number of likely N-dealkylation sites (tertiary alicyclic amines) is 1. The molecule has 1 aliphatic carbocycles. The summed E-state index contributed by atoms with van der Waals surface area (Å²) in [6.45, 7) is 2.13. The molecule has 4 atom stereocenters. The Kier molecular flexibility index (Phi) is 5.00. The van der Waals surface area contributed by atoms with Gasteiger partial charge in [-0.05, 0) is 62.6 Å². The van der Waals surface area contributed by atoms with Crippen LogP contribution < -0.4 is 0 Å². The quantitative estimate of drug-likeness (QED) is 0.896. The first-order valence-corrected chi connectivity index (χ1v) is 8.81. The molecule has 1 saturated heterocycles. The Morgan fingerprint density at radius 2 is 2.17 bits per heavy atom. The number of fused-ring (bicyclic) bond motifs is 1. The van der Waals surface area contributed by atoms with Crippen molar-refractivity contribution in [1.29, 1.82) is 0 Å². The van der Waals surface area contributed by atoms with Gasteiger partial charge in [-0.3, -0.25) is 9.69 Å². The lowest BCUT2D eigenvalue weighted by Crippen LogP contribution is -2.47. The van der Waals surface area contributed by atoms with Gasteiger partial charge in [0.1, 0.15) is 11.9 Å². The highest BCUT2D eigenvalue weighted by Crippen LogP contribution is 2.41. The Bertz CT molecular complexity index is 562. The molecule has 4 unspecified atom stereocenters. The largest absolute Gasteiger partial charge is 0.480 e. The molecule has 0 spiro atoms. The van der Waals surface area contributed by atoms with E-state index in [1.165, 1.54) is 25.3 Å². The summed E-state index contributed by atoms with van der Waals surface area (Å²) in [6.07, 6.45) is 7.19. The normalized spacial score (nSPS) is 29.2. The standard InChI is InChI=1S/C19H26FNO2/c1-13(9-10-14-5-4-7-16(20)11-14)21-17-8-3-2-6-15(17)12-18(21)19(22)23/h4-5,7,11,13,15,17-18H,2-3,6,8-10,12H2,1H3,(H,22,23). The summed E-state index contributed by atoms with van der Waals surface area (Å²) in [5, 5.41) is 9.61. The van der Waals surface area contributed by atoms with E-state index in [1.54, 1.807) is 12.1 Å². The molecule has 0 bridgehead atoms. The van der Waals surface area contributed by atoms with Gasteiger partial charge in [-0.2, -0.15) is 0 Å². The number of carbonyl (C=O) groups is 1. The van der Waals surface area contributed by atoms with E-state index in [2.05, 4.69) is 11.8 Å². The fourth-order valence-corrected chi connectivity index (χ4v) is 4.57. The van der Waals surface area contributed by atoms with Crippen molar-refractivity contribution in [2.45, 2.75) is 70.0 Å². The fourth-order valence-electron chi connectivity index (χ4n) is 4.57. The number of benzene rings is 1. The van der Waals surface area contributed by atoms with E-state index in [1.807, 2.05) is 6.07 Å². The molecule has 0 radical (unpaired) electrons. The summed E-state index contributed by atoms with van der Waals surface area (Å²) in [6, 6.07) is 7.01. The average molecular weight is 319 g/mol. The molecule has 126 valence electrons. The zero-order valence-corrected chi connectivity index (χ0v) is 13.7. The van der Waals surface area contributed by atoms with Crippen LogP contribution >= 0.6 is 0 Å². The van der Waals surface area contributed by atoms with Crippen molar-refractivity contribution in [1.82, 2.24) is 4.90 Å². The van der Waals surface area contributed by atoms with Gasteiger partial charge in [0.15, 0.2) is 0 Å². The number of nitrogens with zero attached hydrogens (tertiary/aromatic N) is 1. The van der Waals surface area contributed by atoms with E-state index >= 15 is 0 Å². The summed E-state index contributed by atoms with van der Waals surface area (Å²) >= 11 is 0. The highest BCUT2D eigenvalue weighted by atomic mass is 19.1. The third-order valence-electron chi connectivity index (χ3n) is 5.67. The monoisotopic (exact) mass is 319 g/mol. The second-order valence-electron chi connectivity index (χ2n) is 7.17. The van der Waals surface area contributed by atoms with Crippen LogP contribution in [0.15, 0.2) is 24.3 Å². The van der Waals surface area contributed by atoms with Crippen LogP contribution in [0.25, 0.3) is 0 Å². The summed E-state index contributed by atoms with van der Waals surface area (Å²) in [5.74, 6) is -0.342. The van der Waals surface area contributed by atoms with E-state index in [0.717, 1.165) is 31.2 Å². The van der Waals surface area contributed by atoms with Crippen molar-refractivity contribution in [2.75, 3.05) is 0 Å². The number of rotatable bonds is 5. The number of hydrogen-bond donors (Lipinski definition) is 1. The maximum atomic E-state index is 13.3. The van der Waals surface area contributed by atoms with Crippen LogP contribution in [0.1, 0.15) is 51.0 Å². The highest BCUT2D eigenvalue weighted by molar-refractivity contribution is 5.74. The van der Waals surface area contributed by atoms with Crippen LogP contribution in [0, 0.1) is 11.7 Å². The molecule has 1 aromatic carbocycles. The van der Waals surface area contributed by atoms with Gasteiger partial charge in [0.2, 0.25) is 0 Å².